The molecular weight excluding hydrogens is 502 g/mol. The zero-order chi connectivity index (χ0) is 29.8. The van der Waals surface area contributed by atoms with Gasteiger partial charge in [-0.25, -0.2) is 0 Å². The highest BCUT2D eigenvalue weighted by molar-refractivity contribution is 5.78. The van der Waals surface area contributed by atoms with Gasteiger partial charge in [-0.2, -0.15) is 0 Å². The van der Waals surface area contributed by atoms with Crippen LogP contribution in [0.5, 0.6) is 11.5 Å². The summed E-state index contributed by atoms with van der Waals surface area (Å²) >= 11 is 0. The van der Waals surface area contributed by atoms with Crippen LogP contribution in [0.3, 0.4) is 0 Å². The van der Waals surface area contributed by atoms with E-state index in [2.05, 4.69) is 0 Å². The maximum atomic E-state index is 12.6. The van der Waals surface area contributed by atoms with Crippen molar-refractivity contribution >= 4 is 23.9 Å². The van der Waals surface area contributed by atoms with Crippen molar-refractivity contribution in [3.8, 4) is 11.5 Å². The van der Waals surface area contributed by atoms with Gasteiger partial charge >= 0.3 is 23.9 Å². The number of benzene rings is 1. The molecule has 1 rings (SSSR count). The summed E-state index contributed by atoms with van der Waals surface area (Å²) in [5, 5.41) is 9.78. The largest absolute Gasteiger partial charge is 0.480 e. The van der Waals surface area contributed by atoms with E-state index in [-0.39, 0.29) is 24.3 Å². The number of esters is 3. The predicted molar refractivity (Wildman–Crippen MR) is 149 cm³/mol. The minimum atomic E-state index is -1.34. The van der Waals surface area contributed by atoms with Crippen LogP contribution in [0.4, 0.5) is 0 Å². The average molecular weight is 550 g/mol. The van der Waals surface area contributed by atoms with E-state index in [1.165, 1.54) is 12.1 Å². The van der Waals surface area contributed by atoms with Crippen molar-refractivity contribution in [2.75, 3.05) is 0 Å². The highest BCUT2D eigenvalue weighted by Gasteiger charge is 2.37. The van der Waals surface area contributed by atoms with Gasteiger partial charge in [0.2, 0.25) is 0 Å². The molecule has 0 aliphatic carbocycles. The van der Waals surface area contributed by atoms with Crippen LogP contribution in [0.15, 0.2) is 18.2 Å². The first-order chi connectivity index (χ1) is 18.2. The molecule has 0 saturated heterocycles. The number of carboxylic acid groups (broad SMARTS) is 1. The van der Waals surface area contributed by atoms with E-state index in [4.69, 9.17) is 19.9 Å². The summed E-state index contributed by atoms with van der Waals surface area (Å²) in [7, 11) is 0. The lowest BCUT2D eigenvalue weighted by molar-refractivity contribution is -0.160. The summed E-state index contributed by atoms with van der Waals surface area (Å²) in [6.07, 6.45) is 4.73. The van der Waals surface area contributed by atoms with Crippen LogP contribution in [0.2, 0.25) is 0 Å². The third kappa shape index (κ3) is 11.4. The first kappa shape index (κ1) is 34.1. The monoisotopic (exact) mass is 549 g/mol. The third-order valence-electron chi connectivity index (χ3n) is 6.65. The molecule has 0 aliphatic heterocycles. The average Bonchev–Trinajstić information content (AvgIpc) is 2.85. The first-order valence-corrected chi connectivity index (χ1v) is 14.0. The van der Waals surface area contributed by atoms with Crippen molar-refractivity contribution in [3.63, 3.8) is 0 Å². The molecule has 0 fully saturated rings. The van der Waals surface area contributed by atoms with Gasteiger partial charge in [-0.3, -0.25) is 19.2 Å². The molecule has 0 spiro atoms. The highest BCUT2D eigenvalue weighted by Crippen LogP contribution is 2.38. The Bertz CT molecular complexity index is 968. The second-order valence-electron chi connectivity index (χ2n) is 11.2. The summed E-state index contributed by atoms with van der Waals surface area (Å²) in [6.45, 7) is 12.7. The first-order valence-electron chi connectivity index (χ1n) is 14.0. The molecule has 3 N–H and O–H groups in total. The Morgan fingerprint density at radius 2 is 1.38 bits per heavy atom. The summed E-state index contributed by atoms with van der Waals surface area (Å²) < 4.78 is 16.8. The smallest absolute Gasteiger partial charge is 0.321 e. The van der Waals surface area contributed by atoms with E-state index >= 15 is 0 Å². The lowest BCUT2D eigenvalue weighted by Gasteiger charge is -2.33. The Hall–Kier alpha value is -2.94. The number of nitrogens with two attached hydrogens (primary N) is 1. The normalized spacial score (nSPS) is 14.6. The summed E-state index contributed by atoms with van der Waals surface area (Å²) in [6, 6.07) is 3.24. The van der Waals surface area contributed by atoms with Crippen molar-refractivity contribution < 1.29 is 38.5 Å². The molecule has 9 heteroatoms. The van der Waals surface area contributed by atoms with Gasteiger partial charge in [0.05, 0.1) is 5.41 Å². The molecule has 0 saturated carbocycles. The molecule has 1 aromatic rings. The van der Waals surface area contributed by atoms with Crippen molar-refractivity contribution in [2.45, 2.75) is 118 Å². The lowest BCUT2D eigenvalue weighted by Crippen LogP contribution is -2.43. The Morgan fingerprint density at radius 1 is 0.872 bits per heavy atom. The minimum absolute atomic E-state index is 0.0203. The van der Waals surface area contributed by atoms with Crippen LogP contribution in [-0.2, 0) is 23.9 Å². The molecule has 0 aliphatic rings. The topological polar surface area (TPSA) is 142 Å². The van der Waals surface area contributed by atoms with Gasteiger partial charge in [-0.15, -0.1) is 0 Å². The van der Waals surface area contributed by atoms with Gasteiger partial charge in [0, 0.05) is 24.7 Å². The van der Waals surface area contributed by atoms with Crippen molar-refractivity contribution in [2.24, 2.45) is 17.1 Å². The number of carbonyl (C=O) groups excluding carboxylic acids is 3. The van der Waals surface area contributed by atoms with Crippen molar-refractivity contribution in [1.82, 2.24) is 0 Å². The maximum absolute atomic E-state index is 12.6. The van der Waals surface area contributed by atoms with E-state index in [9.17, 15) is 24.3 Å². The predicted octanol–water partition coefficient (Wildman–Crippen LogP) is 5.77. The summed E-state index contributed by atoms with van der Waals surface area (Å²) in [4.78, 5) is 49.5. The number of hydrogen-bond acceptors (Lipinski definition) is 8. The third-order valence-corrected chi connectivity index (χ3v) is 6.65. The molecule has 9 nitrogen and oxygen atoms in total. The SMILES string of the molecule is CCCCCC(=O)Oc1ccc(C(C(C)C(C)OC(=O)C(C)(C)C)[C@H](N)C(=O)O)cc1OC(=O)CCCCC. The highest BCUT2D eigenvalue weighted by atomic mass is 16.6. The number of ether oxygens (including phenoxy) is 3. The van der Waals surface area contributed by atoms with Crippen LogP contribution in [-0.4, -0.2) is 41.1 Å². The van der Waals surface area contributed by atoms with Crippen LogP contribution < -0.4 is 15.2 Å². The van der Waals surface area contributed by atoms with E-state index in [0.717, 1.165) is 25.7 Å². The standard InChI is InChI=1S/C30H47NO8/c1-8-10-12-14-24(32)38-22-17-16-21(18-23(22)39-25(33)15-13-11-9-2)26(27(31)28(34)35)19(3)20(4)37-29(36)30(5,6)7/h16-20,26-27H,8-15,31H2,1-7H3,(H,34,35)/t19?,20?,26?,27-/m0/s1. The molecule has 39 heavy (non-hydrogen) atoms. The van der Waals surface area contributed by atoms with Gasteiger partial charge in [0.15, 0.2) is 11.5 Å². The molecular formula is C30H47NO8. The Kier molecular flexibility index (Phi) is 14.2. The van der Waals surface area contributed by atoms with E-state index in [0.29, 0.717) is 18.4 Å². The fraction of sp³-hybridized carbons (Fsp3) is 0.667. The zero-order valence-corrected chi connectivity index (χ0v) is 24.6. The second-order valence-corrected chi connectivity index (χ2v) is 11.2. The lowest BCUT2D eigenvalue weighted by atomic mass is 9.79. The molecule has 0 radical (unpaired) electrons. The summed E-state index contributed by atoms with van der Waals surface area (Å²) in [5.41, 5.74) is 5.85. The van der Waals surface area contributed by atoms with Gasteiger partial charge in [0.1, 0.15) is 12.1 Å². The molecule has 4 atom stereocenters. The number of aliphatic carboxylic acids is 1. The van der Waals surface area contributed by atoms with E-state index in [1.807, 2.05) is 13.8 Å². The van der Waals surface area contributed by atoms with Gasteiger partial charge in [-0.1, -0.05) is 52.5 Å². The number of rotatable bonds is 16. The molecule has 0 bridgehead atoms. The molecule has 0 aromatic heterocycles. The number of unbranched alkanes of at least 4 members (excludes halogenated alkanes) is 4. The van der Waals surface area contributed by atoms with Crippen molar-refractivity contribution in [1.29, 1.82) is 0 Å². The minimum Gasteiger partial charge on any atom is -0.480 e. The number of carbonyl (C=O) groups is 4. The Morgan fingerprint density at radius 3 is 1.85 bits per heavy atom. The molecule has 220 valence electrons. The molecule has 1 aromatic carbocycles. The van der Waals surface area contributed by atoms with Crippen LogP contribution in [0.1, 0.15) is 111 Å². The molecule has 0 heterocycles. The Balaban J connectivity index is 3.40. The van der Waals surface area contributed by atoms with Gasteiger partial charge < -0.3 is 25.1 Å². The van der Waals surface area contributed by atoms with Crippen LogP contribution in [0, 0.1) is 11.3 Å². The Labute approximate surface area is 232 Å². The van der Waals surface area contributed by atoms with Crippen molar-refractivity contribution in [3.05, 3.63) is 23.8 Å². The van der Waals surface area contributed by atoms with Gasteiger partial charge in [-0.05, 0) is 58.2 Å². The fourth-order valence-electron chi connectivity index (χ4n) is 4.02. The number of hydrogen-bond donors (Lipinski definition) is 2. The number of carboxylic acids is 1. The second kappa shape index (κ2) is 16.2. The van der Waals surface area contributed by atoms with E-state index in [1.54, 1.807) is 40.7 Å². The maximum Gasteiger partial charge on any atom is 0.321 e. The van der Waals surface area contributed by atoms with Gasteiger partial charge in [0.25, 0.3) is 0 Å². The molecule has 3 unspecified atom stereocenters. The quantitative estimate of drug-likeness (QED) is 0.149. The van der Waals surface area contributed by atoms with Crippen LogP contribution >= 0.6 is 0 Å². The summed E-state index contributed by atoms with van der Waals surface area (Å²) in [5.74, 6) is -3.81. The fourth-order valence-corrected chi connectivity index (χ4v) is 4.02. The van der Waals surface area contributed by atoms with Crippen LogP contribution in [0.25, 0.3) is 0 Å². The molecule has 0 amide bonds. The zero-order valence-electron chi connectivity index (χ0n) is 24.6. The van der Waals surface area contributed by atoms with E-state index < -0.39 is 53.3 Å².